The molecule has 3 nitrogen and oxygen atoms in total. The molecule has 0 aliphatic heterocycles. The molecule has 4 radical (unpaired) electrons. The predicted octanol–water partition coefficient (Wildman–Crippen LogP) is -1.33. The van der Waals surface area contributed by atoms with Crippen molar-refractivity contribution in [2.75, 3.05) is 21.1 Å². The van der Waals surface area contributed by atoms with Crippen LogP contribution in [0.3, 0.4) is 0 Å². The van der Waals surface area contributed by atoms with Gasteiger partial charge in [-0.05, 0) is 27.0 Å². The summed E-state index contributed by atoms with van der Waals surface area (Å²) in [7, 11) is 9.92. The number of carbonyl (C=O) groups is 1. The standard InChI is InChI=1S/C3H9N.CHBO2.2Cu/c1-4(2)3;2-1(3)4;;/h1-3H3;(H,3,4);;/q;;2*+2/p-1. The number of rotatable bonds is 0. The minimum atomic E-state index is -1.58. The van der Waals surface area contributed by atoms with Crippen molar-refractivity contribution in [1.82, 2.24) is 4.90 Å². The summed E-state index contributed by atoms with van der Waals surface area (Å²) < 4.78 is 0. The second kappa shape index (κ2) is 16.3. The molecular formula is C4H9BCu2NO2+3. The third-order valence-corrected chi connectivity index (χ3v) is 0. The molecular weight excluding hydrogens is 232 g/mol. The molecule has 0 amide bonds. The molecule has 0 heterocycles. The summed E-state index contributed by atoms with van der Waals surface area (Å²) in [6.45, 7) is 0. The topological polar surface area (TPSA) is 43.4 Å². The molecule has 0 aromatic rings. The van der Waals surface area contributed by atoms with E-state index in [0.29, 0.717) is 0 Å². The molecule has 0 saturated heterocycles. The Kier molecular flexibility index (Phi) is 36.5. The maximum Gasteiger partial charge on any atom is 2.00 e. The predicted molar refractivity (Wildman–Crippen MR) is 30.8 cm³/mol. The van der Waals surface area contributed by atoms with Crippen molar-refractivity contribution in [3.8, 4) is 0 Å². The zero-order chi connectivity index (χ0) is 7.15. The first-order chi connectivity index (χ1) is 3.46. The fraction of sp³-hybridized carbons (Fsp3) is 0.750. The van der Waals surface area contributed by atoms with E-state index in [9.17, 15) is 0 Å². The Balaban J connectivity index is -0.0000000300. The minimum Gasteiger partial charge on any atom is -0.562 e. The van der Waals surface area contributed by atoms with Gasteiger partial charge in [-0.2, -0.15) is 0 Å². The van der Waals surface area contributed by atoms with Gasteiger partial charge in [0.05, 0.1) is 0 Å². The first-order valence-corrected chi connectivity index (χ1v) is 2.04. The van der Waals surface area contributed by atoms with Crippen molar-refractivity contribution in [3.63, 3.8) is 0 Å². The molecule has 0 atom stereocenters. The number of carbonyl (C=O) groups excluding carboxylic acids is 1. The van der Waals surface area contributed by atoms with Crippen molar-refractivity contribution in [3.05, 3.63) is 0 Å². The Bertz CT molecular complexity index is 65.5. The van der Waals surface area contributed by atoms with Crippen molar-refractivity contribution in [1.29, 1.82) is 0 Å². The average Bonchev–Trinajstić information content (AvgIpc) is 1.25. The van der Waals surface area contributed by atoms with E-state index in [1.807, 2.05) is 26.0 Å². The molecule has 6 heteroatoms. The number of hydrogen-bond donors (Lipinski definition) is 0. The smallest absolute Gasteiger partial charge is 0.562 e. The van der Waals surface area contributed by atoms with Gasteiger partial charge in [-0.1, -0.05) is 0 Å². The number of nitrogens with zero attached hydrogens (tertiary/aromatic N) is 1. The third kappa shape index (κ3) is 1700. The van der Waals surface area contributed by atoms with Crippen LogP contribution in [-0.2, 0) is 34.1 Å². The van der Waals surface area contributed by atoms with Crippen LogP contribution in [0.1, 0.15) is 0 Å². The van der Waals surface area contributed by atoms with E-state index in [1.54, 1.807) is 0 Å². The summed E-state index contributed by atoms with van der Waals surface area (Å²) in [4.78, 5) is 10.7. The molecule has 0 fully saturated rings. The fourth-order valence-corrected chi connectivity index (χ4v) is 0. The van der Waals surface area contributed by atoms with Crippen LogP contribution >= 0.6 is 0 Å². The molecule has 0 aromatic carbocycles. The van der Waals surface area contributed by atoms with E-state index < -0.39 is 5.87 Å². The van der Waals surface area contributed by atoms with Crippen molar-refractivity contribution >= 4 is 13.7 Å². The summed E-state index contributed by atoms with van der Waals surface area (Å²) in [5.41, 5.74) is 0. The summed E-state index contributed by atoms with van der Waals surface area (Å²) in [5, 5.41) is 8.67. The Hall–Kier alpha value is 0.534. The molecule has 0 rings (SSSR count). The van der Waals surface area contributed by atoms with Crippen molar-refractivity contribution < 1.29 is 44.0 Å². The van der Waals surface area contributed by atoms with E-state index in [0.717, 1.165) is 0 Å². The van der Waals surface area contributed by atoms with Crippen LogP contribution in [0.4, 0.5) is 4.79 Å². The number of hydrogen-bond acceptors (Lipinski definition) is 3. The molecule has 0 saturated carbocycles. The van der Waals surface area contributed by atoms with Gasteiger partial charge in [0, 0.05) is 0 Å². The van der Waals surface area contributed by atoms with Gasteiger partial charge in [0.25, 0.3) is 0 Å². The normalized spacial score (nSPS) is 6.00. The summed E-state index contributed by atoms with van der Waals surface area (Å²) in [6.07, 6.45) is 0. The van der Waals surface area contributed by atoms with Crippen molar-refractivity contribution in [2.24, 2.45) is 0 Å². The largest absolute Gasteiger partial charge is 2.00 e. The summed E-state index contributed by atoms with van der Waals surface area (Å²) >= 11 is 0. The van der Waals surface area contributed by atoms with Crippen LogP contribution in [0.5, 0.6) is 0 Å². The number of carboxylic acid groups (broad SMARTS) is 1. The molecule has 0 spiro atoms. The molecule has 64 valence electrons. The third-order valence-electron chi connectivity index (χ3n) is 0. The van der Waals surface area contributed by atoms with Crippen LogP contribution in [0.2, 0.25) is 0 Å². The van der Waals surface area contributed by atoms with Crippen molar-refractivity contribution in [2.45, 2.75) is 0 Å². The van der Waals surface area contributed by atoms with Gasteiger partial charge in [-0.15, -0.1) is 0 Å². The molecule has 0 aliphatic carbocycles. The van der Waals surface area contributed by atoms with Gasteiger partial charge < -0.3 is 14.8 Å². The average molecular weight is 241 g/mol. The molecule has 0 aliphatic rings. The van der Waals surface area contributed by atoms with Gasteiger partial charge in [-0.3, -0.25) is 0 Å². The Labute approximate surface area is 83.9 Å². The van der Waals surface area contributed by atoms with Gasteiger partial charge in [-0.25, -0.2) is 0 Å². The van der Waals surface area contributed by atoms with E-state index in [4.69, 9.17) is 9.90 Å². The monoisotopic (exact) mass is 240 g/mol. The van der Waals surface area contributed by atoms with Crippen LogP contribution in [0.15, 0.2) is 0 Å². The first-order valence-electron chi connectivity index (χ1n) is 2.04. The Morgan fingerprint density at radius 2 is 1.30 bits per heavy atom. The maximum atomic E-state index is 8.67. The fourth-order valence-electron chi connectivity index (χ4n) is 0. The van der Waals surface area contributed by atoms with Crippen LogP contribution < -0.4 is 5.11 Å². The van der Waals surface area contributed by atoms with E-state index >= 15 is 0 Å². The first kappa shape index (κ1) is 22.4. The van der Waals surface area contributed by atoms with Gasteiger partial charge in [0.1, 0.15) is 7.85 Å². The van der Waals surface area contributed by atoms with Gasteiger partial charge in [0.2, 0.25) is 0 Å². The summed E-state index contributed by atoms with van der Waals surface area (Å²) in [5.74, 6) is -1.58. The van der Waals surface area contributed by atoms with Crippen LogP contribution in [-0.4, -0.2) is 39.8 Å². The SMILES string of the molecule is CN(C)C.[B]C(=O)[O-].[Cu+2].[Cu+2]. The molecule has 0 bridgehead atoms. The van der Waals surface area contributed by atoms with Gasteiger partial charge >= 0.3 is 34.1 Å². The van der Waals surface area contributed by atoms with Crippen LogP contribution in [0, 0.1) is 0 Å². The second-order valence-electron chi connectivity index (χ2n) is 1.66. The Morgan fingerprint density at radius 1 is 1.30 bits per heavy atom. The molecule has 0 unspecified atom stereocenters. The van der Waals surface area contributed by atoms with E-state index in [2.05, 4.69) is 7.85 Å². The Morgan fingerprint density at radius 3 is 1.30 bits per heavy atom. The second-order valence-corrected chi connectivity index (χ2v) is 1.66. The zero-order valence-electron chi connectivity index (χ0n) is 5.94. The minimum absolute atomic E-state index is 0. The summed E-state index contributed by atoms with van der Waals surface area (Å²) in [6, 6.07) is 0. The zero-order valence-corrected chi connectivity index (χ0v) is 7.83. The molecule has 0 aromatic heterocycles. The quantitative estimate of drug-likeness (QED) is 0.493. The van der Waals surface area contributed by atoms with E-state index in [-0.39, 0.29) is 34.1 Å². The van der Waals surface area contributed by atoms with Gasteiger partial charge in [0.15, 0.2) is 0 Å². The molecule has 10 heavy (non-hydrogen) atoms. The van der Waals surface area contributed by atoms with Crippen LogP contribution in [0.25, 0.3) is 0 Å². The van der Waals surface area contributed by atoms with E-state index in [1.165, 1.54) is 0 Å². The maximum absolute atomic E-state index is 8.67. The molecule has 0 N–H and O–H groups in total.